The Bertz CT molecular complexity index is 1210. The molecule has 10 fully saturated rings. The Labute approximate surface area is 266 Å². The zero-order valence-corrected chi connectivity index (χ0v) is 27.7. The van der Waals surface area contributed by atoms with Gasteiger partial charge in [-0.1, -0.05) is 46.5 Å². The third-order valence-corrected chi connectivity index (χ3v) is 13.9. The highest BCUT2D eigenvalue weighted by molar-refractivity contribution is 5.81. The van der Waals surface area contributed by atoms with E-state index in [1.54, 1.807) is 0 Å². The van der Waals surface area contributed by atoms with Crippen molar-refractivity contribution in [3.63, 3.8) is 0 Å². The molecule has 8 aliphatic heterocycles. The molecule has 2 aliphatic carbocycles. The number of hydrogen-bond acceptors (Lipinski definition) is 10. The molecule has 0 N–H and O–H groups in total. The van der Waals surface area contributed by atoms with Crippen LogP contribution in [0.1, 0.15) is 125 Å². The molecule has 10 heteroatoms. The molecule has 8 saturated heterocycles. The lowest BCUT2D eigenvalue weighted by atomic mass is 9.49. The van der Waals surface area contributed by atoms with Crippen molar-refractivity contribution >= 4 is 11.9 Å². The van der Waals surface area contributed by atoms with Crippen molar-refractivity contribution in [1.29, 1.82) is 0 Å². The molecule has 10 nitrogen and oxygen atoms in total. The van der Waals surface area contributed by atoms with Crippen molar-refractivity contribution < 1.29 is 48.1 Å². The SMILES string of the molecule is CCCCCCC1(CC2C(=O)OC3OC4(C)CCC5C(C)CCC2C35OO4)C(=O)OC2OC3(C)CCC4C(C)CCC1C24OO3. The van der Waals surface area contributed by atoms with E-state index in [4.69, 9.17) is 38.5 Å². The van der Waals surface area contributed by atoms with Gasteiger partial charge in [0.2, 0.25) is 24.2 Å². The molecule has 14 unspecified atom stereocenters. The molecule has 0 aromatic heterocycles. The second-order valence-electron chi connectivity index (χ2n) is 16.4. The largest absolute Gasteiger partial charge is 0.432 e. The van der Waals surface area contributed by atoms with Crippen molar-refractivity contribution in [2.24, 2.45) is 46.8 Å². The Morgan fingerprint density at radius 3 is 2.00 bits per heavy atom. The molecular weight excluding hydrogens is 580 g/mol. The molecule has 252 valence electrons. The van der Waals surface area contributed by atoms with Crippen molar-refractivity contribution in [1.82, 2.24) is 0 Å². The Morgan fingerprint density at radius 2 is 1.31 bits per heavy atom. The summed E-state index contributed by atoms with van der Waals surface area (Å²) in [6, 6.07) is 0. The van der Waals surface area contributed by atoms with E-state index in [2.05, 4.69) is 20.8 Å². The summed E-state index contributed by atoms with van der Waals surface area (Å²) in [6.45, 7) is 10.5. The minimum Gasteiger partial charge on any atom is -0.432 e. The maximum atomic E-state index is 14.7. The maximum absolute atomic E-state index is 14.7. The summed E-state index contributed by atoms with van der Waals surface area (Å²) < 4.78 is 25.5. The summed E-state index contributed by atoms with van der Waals surface area (Å²) in [6.07, 6.45) is 9.90. The lowest BCUT2D eigenvalue weighted by molar-refractivity contribution is -0.564. The normalized spacial score (nSPS) is 54.7. The van der Waals surface area contributed by atoms with Gasteiger partial charge in [0.1, 0.15) is 0 Å². The Hall–Kier alpha value is -1.30. The molecule has 2 spiro atoms. The van der Waals surface area contributed by atoms with Gasteiger partial charge < -0.3 is 18.9 Å². The second-order valence-corrected chi connectivity index (χ2v) is 16.4. The maximum Gasteiger partial charge on any atom is 0.314 e. The Kier molecular flexibility index (Phi) is 7.30. The smallest absolute Gasteiger partial charge is 0.314 e. The van der Waals surface area contributed by atoms with Crippen LogP contribution in [0.25, 0.3) is 0 Å². The van der Waals surface area contributed by atoms with Crippen LogP contribution < -0.4 is 0 Å². The Morgan fingerprint density at radius 1 is 0.689 bits per heavy atom. The van der Waals surface area contributed by atoms with Gasteiger partial charge >= 0.3 is 11.9 Å². The first-order valence-corrected chi connectivity index (χ1v) is 18.0. The van der Waals surface area contributed by atoms with Crippen LogP contribution >= 0.6 is 0 Å². The van der Waals surface area contributed by atoms with E-state index in [0.717, 1.165) is 64.2 Å². The topological polar surface area (TPSA) is 108 Å². The highest BCUT2D eigenvalue weighted by atomic mass is 17.3. The van der Waals surface area contributed by atoms with E-state index in [1.807, 2.05) is 13.8 Å². The van der Waals surface area contributed by atoms with Crippen molar-refractivity contribution in [3.05, 3.63) is 0 Å². The third kappa shape index (κ3) is 4.27. The van der Waals surface area contributed by atoms with Crippen LogP contribution in [-0.4, -0.2) is 47.3 Å². The quantitative estimate of drug-likeness (QED) is 0.175. The fourth-order valence-corrected chi connectivity index (χ4v) is 11.5. The van der Waals surface area contributed by atoms with Crippen LogP contribution in [0.4, 0.5) is 0 Å². The lowest BCUT2D eigenvalue weighted by Crippen LogP contribution is -2.74. The van der Waals surface area contributed by atoms with Gasteiger partial charge in [0.05, 0.1) is 11.3 Å². The summed E-state index contributed by atoms with van der Waals surface area (Å²) in [5.74, 6) is -2.55. The summed E-state index contributed by atoms with van der Waals surface area (Å²) in [5, 5.41) is 0. The summed E-state index contributed by atoms with van der Waals surface area (Å²) in [7, 11) is 0. The number of ether oxygens (including phenoxy) is 4. The molecule has 0 amide bonds. The van der Waals surface area contributed by atoms with Crippen LogP contribution in [0.15, 0.2) is 0 Å². The van der Waals surface area contributed by atoms with Gasteiger partial charge in [-0.2, -0.15) is 0 Å². The van der Waals surface area contributed by atoms with E-state index in [-0.39, 0.29) is 35.6 Å². The highest BCUT2D eigenvalue weighted by Crippen LogP contribution is 2.67. The predicted molar refractivity (Wildman–Crippen MR) is 157 cm³/mol. The van der Waals surface area contributed by atoms with Gasteiger partial charge in [-0.05, 0) is 77.0 Å². The van der Waals surface area contributed by atoms with Gasteiger partial charge in [-0.3, -0.25) is 9.59 Å². The molecule has 0 aromatic carbocycles. The monoisotopic (exact) mass is 632 g/mol. The van der Waals surface area contributed by atoms with Crippen LogP contribution in [0.2, 0.25) is 0 Å². The molecule has 10 aliphatic rings. The van der Waals surface area contributed by atoms with Crippen LogP contribution in [0.3, 0.4) is 0 Å². The number of esters is 2. The zero-order valence-electron chi connectivity index (χ0n) is 27.7. The average molecular weight is 633 g/mol. The summed E-state index contributed by atoms with van der Waals surface area (Å²) >= 11 is 0. The number of carbonyl (C=O) groups excluding carboxylic acids is 2. The van der Waals surface area contributed by atoms with Gasteiger partial charge in [0, 0.05) is 36.5 Å². The molecular formula is C35H52O10. The summed E-state index contributed by atoms with van der Waals surface area (Å²) in [4.78, 5) is 54.0. The number of carbonyl (C=O) groups is 2. The minimum atomic E-state index is -0.964. The third-order valence-electron chi connectivity index (χ3n) is 13.9. The molecule has 0 radical (unpaired) electrons. The molecule has 0 aromatic rings. The van der Waals surface area contributed by atoms with Crippen molar-refractivity contribution in [2.45, 2.75) is 160 Å². The van der Waals surface area contributed by atoms with E-state index in [0.29, 0.717) is 37.5 Å². The zero-order chi connectivity index (χ0) is 31.4. The van der Waals surface area contributed by atoms with Crippen LogP contribution in [0.5, 0.6) is 0 Å². The van der Waals surface area contributed by atoms with E-state index < -0.39 is 46.7 Å². The molecule has 14 atom stereocenters. The van der Waals surface area contributed by atoms with E-state index in [9.17, 15) is 9.59 Å². The predicted octanol–water partition coefficient (Wildman–Crippen LogP) is 6.49. The van der Waals surface area contributed by atoms with Crippen LogP contribution in [0, 0.1) is 46.8 Å². The number of rotatable bonds is 7. The minimum absolute atomic E-state index is 0.109. The highest BCUT2D eigenvalue weighted by Gasteiger charge is 2.76. The molecule has 4 bridgehead atoms. The van der Waals surface area contributed by atoms with Crippen molar-refractivity contribution in [2.75, 3.05) is 0 Å². The Balaban J connectivity index is 1.21. The fourth-order valence-electron chi connectivity index (χ4n) is 11.5. The first-order valence-electron chi connectivity index (χ1n) is 18.0. The van der Waals surface area contributed by atoms with E-state index >= 15 is 0 Å². The first-order chi connectivity index (χ1) is 21.5. The van der Waals surface area contributed by atoms with Crippen molar-refractivity contribution in [3.8, 4) is 0 Å². The second kappa shape index (κ2) is 10.6. The van der Waals surface area contributed by atoms with Gasteiger partial charge in [0.15, 0.2) is 11.2 Å². The molecule has 2 saturated carbocycles. The average Bonchev–Trinajstić information content (AvgIpc) is 3.38. The number of fused-ring (bicyclic) bond motifs is 4. The summed E-state index contributed by atoms with van der Waals surface area (Å²) in [5.41, 5.74) is -2.79. The lowest BCUT2D eigenvalue weighted by Gasteiger charge is -2.63. The number of hydrogen-bond donors (Lipinski definition) is 0. The first kappa shape index (κ1) is 31.0. The van der Waals surface area contributed by atoms with E-state index in [1.165, 1.54) is 0 Å². The van der Waals surface area contributed by atoms with Gasteiger partial charge in [-0.25, -0.2) is 19.6 Å². The molecule has 45 heavy (non-hydrogen) atoms. The fraction of sp³-hybridized carbons (Fsp3) is 0.943. The van der Waals surface area contributed by atoms with Crippen LogP contribution in [-0.2, 0) is 48.1 Å². The molecule has 10 rings (SSSR count). The van der Waals surface area contributed by atoms with Gasteiger partial charge in [0.25, 0.3) is 0 Å². The van der Waals surface area contributed by atoms with Gasteiger partial charge in [-0.15, -0.1) is 0 Å². The number of unbranched alkanes of at least 4 members (excludes halogenated alkanes) is 3. The molecule has 8 heterocycles. The standard InChI is InChI=1S/C35H52O10/c1-6-7-8-9-16-33(26-13-11-21(3)24-15-18-32(5)41-30(39-28(33)37)35(24,26)45-43-32)19-22-25-12-10-20(2)23-14-17-31(4)40-29(38-27(22)36)34(23,25)44-42-31/h20-26,29-30H,6-19H2,1-5H3.